The molecule has 110 valence electrons. The number of hydrogen-bond acceptors (Lipinski definition) is 2. The largest absolute Gasteiger partial charge is 0.497 e. The highest BCUT2D eigenvalue weighted by Crippen LogP contribution is 2.17. The van der Waals surface area contributed by atoms with Gasteiger partial charge in [0, 0.05) is 5.56 Å². The van der Waals surface area contributed by atoms with Crippen molar-refractivity contribution in [3.05, 3.63) is 65.2 Å². The summed E-state index contributed by atoms with van der Waals surface area (Å²) in [4.78, 5) is 12.1. The fourth-order valence-electron chi connectivity index (χ4n) is 1.89. The van der Waals surface area contributed by atoms with E-state index in [1.54, 1.807) is 38.3 Å². The number of methoxy groups -OCH3 is 1. The highest BCUT2D eigenvalue weighted by molar-refractivity contribution is 5.94. The topological polar surface area (TPSA) is 38.3 Å². The van der Waals surface area contributed by atoms with E-state index in [0.717, 1.165) is 12.1 Å². The van der Waals surface area contributed by atoms with Crippen LogP contribution >= 0.6 is 0 Å². The molecule has 0 aromatic heterocycles. The molecule has 0 saturated carbocycles. The van der Waals surface area contributed by atoms with Gasteiger partial charge >= 0.3 is 0 Å². The van der Waals surface area contributed by atoms with Gasteiger partial charge in [0.05, 0.1) is 13.2 Å². The Balaban J connectivity index is 2.08. The number of amides is 1. The van der Waals surface area contributed by atoms with Crippen molar-refractivity contribution in [2.24, 2.45) is 0 Å². The van der Waals surface area contributed by atoms with E-state index in [0.29, 0.717) is 16.9 Å². The van der Waals surface area contributed by atoms with Crippen molar-refractivity contribution in [1.82, 2.24) is 5.32 Å². The van der Waals surface area contributed by atoms with E-state index in [2.05, 4.69) is 5.32 Å². The molecule has 1 N–H and O–H groups in total. The monoisotopic (exact) mass is 291 g/mol. The summed E-state index contributed by atoms with van der Waals surface area (Å²) in [5.41, 5.74) is 0.959. The van der Waals surface area contributed by atoms with Crippen LogP contribution in [0.25, 0.3) is 0 Å². The van der Waals surface area contributed by atoms with Gasteiger partial charge in [0.15, 0.2) is 11.6 Å². The first-order valence-electron chi connectivity index (χ1n) is 6.41. The molecule has 0 bridgehead atoms. The molecule has 0 radical (unpaired) electrons. The summed E-state index contributed by atoms with van der Waals surface area (Å²) in [6.07, 6.45) is 0. The van der Waals surface area contributed by atoms with E-state index in [9.17, 15) is 13.6 Å². The molecule has 0 spiro atoms. The zero-order valence-electron chi connectivity index (χ0n) is 11.7. The van der Waals surface area contributed by atoms with Crippen LogP contribution in [0.15, 0.2) is 42.5 Å². The normalized spacial score (nSPS) is 11.8. The van der Waals surface area contributed by atoms with E-state index in [4.69, 9.17) is 4.74 Å². The second-order valence-corrected chi connectivity index (χ2v) is 4.60. The van der Waals surface area contributed by atoms with Crippen LogP contribution in [-0.2, 0) is 0 Å². The number of nitrogens with one attached hydrogen (secondary N) is 1. The minimum atomic E-state index is -0.932. The molecule has 0 saturated heterocycles. The molecule has 2 aromatic carbocycles. The molecule has 3 nitrogen and oxygen atoms in total. The molecule has 1 unspecified atom stereocenters. The maximum absolute atomic E-state index is 13.2. The summed E-state index contributed by atoms with van der Waals surface area (Å²) in [5, 5.41) is 2.73. The van der Waals surface area contributed by atoms with Gasteiger partial charge in [-0.05, 0) is 48.9 Å². The number of benzene rings is 2. The zero-order valence-corrected chi connectivity index (χ0v) is 11.7. The van der Waals surface area contributed by atoms with Gasteiger partial charge < -0.3 is 10.1 Å². The molecular formula is C16H15F2NO2. The van der Waals surface area contributed by atoms with Crippen LogP contribution in [0.1, 0.15) is 28.9 Å². The SMILES string of the molecule is COc1ccc(C(=O)NC(C)c2ccc(F)c(F)c2)cc1. The Morgan fingerprint density at radius 2 is 1.76 bits per heavy atom. The molecule has 0 aliphatic carbocycles. The van der Waals surface area contributed by atoms with E-state index in [-0.39, 0.29) is 5.91 Å². The van der Waals surface area contributed by atoms with Crippen molar-refractivity contribution in [2.75, 3.05) is 7.11 Å². The second kappa shape index (κ2) is 6.35. The molecule has 0 aliphatic heterocycles. The van der Waals surface area contributed by atoms with Gasteiger partial charge in [0.2, 0.25) is 0 Å². The Morgan fingerprint density at radius 3 is 2.33 bits per heavy atom. The molecule has 21 heavy (non-hydrogen) atoms. The highest BCUT2D eigenvalue weighted by atomic mass is 19.2. The summed E-state index contributed by atoms with van der Waals surface area (Å²) in [7, 11) is 1.54. The van der Waals surface area contributed by atoms with Crippen molar-refractivity contribution in [3.8, 4) is 5.75 Å². The lowest BCUT2D eigenvalue weighted by molar-refractivity contribution is 0.0940. The maximum atomic E-state index is 13.2. The Bertz CT molecular complexity index is 641. The van der Waals surface area contributed by atoms with Crippen molar-refractivity contribution >= 4 is 5.91 Å². The molecule has 0 heterocycles. The molecule has 1 atom stereocenters. The van der Waals surface area contributed by atoms with E-state index in [1.807, 2.05) is 0 Å². The van der Waals surface area contributed by atoms with Crippen LogP contribution in [0, 0.1) is 11.6 Å². The highest BCUT2D eigenvalue weighted by Gasteiger charge is 2.13. The third kappa shape index (κ3) is 3.56. The van der Waals surface area contributed by atoms with Crippen molar-refractivity contribution < 1.29 is 18.3 Å². The molecule has 0 fully saturated rings. The van der Waals surface area contributed by atoms with E-state index >= 15 is 0 Å². The average molecular weight is 291 g/mol. The number of carbonyl (C=O) groups is 1. The zero-order chi connectivity index (χ0) is 15.4. The third-order valence-electron chi connectivity index (χ3n) is 3.14. The summed E-state index contributed by atoms with van der Waals surface area (Å²) in [6, 6.07) is 9.74. The lowest BCUT2D eigenvalue weighted by atomic mass is 10.1. The maximum Gasteiger partial charge on any atom is 0.251 e. The molecular weight excluding hydrogens is 276 g/mol. The second-order valence-electron chi connectivity index (χ2n) is 4.60. The van der Waals surface area contributed by atoms with Gasteiger partial charge in [0.1, 0.15) is 5.75 Å². The molecule has 0 aliphatic rings. The molecule has 1 amide bonds. The first-order chi connectivity index (χ1) is 10.0. The smallest absolute Gasteiger partial charge is 0.251 e. The molecule has 2 rings (SSSR count). The summed E-state index contributed by atoms with van der Waals surface area (Å²) >= 11 is 0. The van der Waals surface area contributed by atoms with Crippen LogP contribution in [0.3, 0.4) is 0 Å². The van der Waals surface area contributed by atoms with Crippen LogP contribution in [0.2, 0.25) is 0 Å². The van der Waals surface area contributed by atoms with Gasteiger partial charge in [0.25, 0.3) is 5.91 Å². The van der Waals surface area contributed by atoms with Crippen LogP contribution < -0.4 is 10.1 Å². The Kier molecular flexibility index (Phi) is 4.52. The van der Waals surface area contributed by atoms with Gasteiger partial charge in [-0.3, -0.25) is 4.79 Å². The average Bonchev–Trinajstić information content (AvgIpc) is 2.50. The quantitative estimate of drug-likeness (QED) is 0.936. The third-order valence-corrected chi connectivity index (χ3v) is 3.14. The molecule has 5 heteroatoms. The lowest BCUT2D eigenvalue weighted by Gasteiger charge is -2.14. The number of hydrogen-bond donors (Lipinski definition) is 1. The fraction of sp³-hybridized carbons (Fsp3) is 0.188. The number of carbonyl (C=O) groups excluding carboxylic acids is 1. The minimum absolute atomic E-state index is 0.296. The lowest BCUT2D eigenvalue weighted by Crippen LogP contribution is -2.26. The summed E-state index contributed by atoms with van der Waals surface area (Å²) in [5.74, 6) is -1.49. The van der Waals surface area contributed by atoms with Crippen molar-refractivity contribution in [3.63, 3.8) is 0 Å². The van der Waals surface area contributed by atoms with Crippen molar-refractivity contribution in [1.29, 1.82) is 0 Å². The van der Waals surface area contributed by atoms with Gasteiger partial charge in [-0.2, -0.15) is 0 Å². The summed E-state index contributed by atoms with van der Waals surface area (Å²) in [6.45, 7) is 1.70. The Labute approximate surface area is 121 Å². The first kappa shape index (κ1) is 15.0. The summed E-state index contributed by atoms with van der Waals surface area (Å²) < 4.78 is 31.1. The van der Waals surface area contributed by atoms with Gasteiger partial charge in [-0.15, -0.1) is 0 Å². The minimum Gasteiger partial charge on any atom is -0.497 e. The van der Waals surface area contributed by atoms with Crippen LogP contribution in [0.5, 0.6) is 5.75 Å². The Morgan fingerprint density at radius 1 is 1.10 bits per heavy atom. The first-order valence-corrected chi connectivity index (χ1v) is 6.41. The standard InChI is InChI=1S/C16H15F2NO2/c1-10(12-5-8-14(17)15(18)9-12)19-16(20)11-3-6-13(21-2)7-4-11/h3-10H,1-2H3,(H,19,20). The van der Waals surface area contributed by atoms with Gasteiger partial charge in [-0.25, -0.2) is 8.78 Å². The predicted molar refractivity (Wildman–Crippen MR) is 75.2 cm³/mol. The number of ether oxygens (including phenoxy) is 1. The van der Waals surface area contributed by atoms with Crippen LogP contribution in [0.4, 0.5) is 8.78 Å². The molecule has 2 aromatic rings. The van der Waals surface area contributed by atoms with Crippen molar-refractivity contribution in [2.45, 2.75) is 13.0 Å². The predicted octanol–water partition coefficient (Wildman–Crippen LogP) is 3.46. The number of rotatable bonds is 4. The van der Waals surface area contributed by atoms with E-state index < -0.39 is 17.7 Å². The van der Waals surface area contributed by atoms with Gasteiger partial charge in [-0.1, -0.05) is 6.07 Å². The van der Waals surface area contributed by atoms with E-state index in [1.165, 1.54) is 6.07 Å². The fourth-order valence-corrected chi connectivity index (χ4v) is 1.89. The Hall–Kier alpha value is -2.43. The van der Waals surface area contributed by atoms with Crippen LogP contribution in [-0.4, -0.2) is 13.0 Å². The number of halogens is 2.